The van der Waals surface area contributed by atoms with Crippen molar-refractivity contribution in [3.63, 3.8) is 0 Å². The molecule has 0 atom stereocenters. The Kier molecular flexibility index (Phi) is 6.75. The van der Waals surface area contributed by atoms with Gasteiger partial charge in [0.25, 0.3) is 0 Å². The summed E-state index contributed by atoms with van der Waals surface area (Å²) in [5.41, 5.74) is 0. The summed E-state index contributed by atoms with van der Waals surface area (Å²) in [6, 6.07) is 6.36. The average molecular weight is 339 g/mol. The lowest BCUT2D eigenvalue weighted by Crippen LogP contribution is -2.40. The third kappa shape index (κ3) is 4.09. The van der Waals surface area contributed by atoms with Gasteiger partial charge in [0, 0.05) is 18.1 Å². The molecule has 0 aliphatic carbocycles. The molecule has 1 aromatic rings. The van der Waals surface area contributed by atoms with E-state index in [2.05, 4.69) is 5.32 Å². The number of piperidine rings is 1. The quantitative estimate of drug-likeness (QED) is 0.916. The molecule has 1 aliphatic heterocycles. The molecule has 7 heteroatoms. The first-order valence-corrected chi connectivity index (χ1v) is 8.26. The molecule has 1 fully saturated rings. The fourth-order valence-electron chi connectivity index (χ4n) is 2.40. The Hall–Kier alpha value is -0.330. The predicted molar refractivity (Wildman–Crippen MR) is 84.1 cm³/mol. The van der Waals surface area contributed by atoms with Crippen LogP contribution in [0.25, 0.3) is 0 Å². The Morgan fingerprint density at radius 1 is 1.25 bits per heavy atom. The van der Waals surface area contributed by atoms with Gasteiger partial charge in [0.2, 0.25) is 10.0 Å². The molecule has 1 N–H and O–H groups in total. The topological polar surface area (TPSA) is 49.4 Å². The summed E-state index contributed by atoms with van der Waals surface area (Å²) >= 11 is 5.79. The van der Waals surface area contributed by atoms with E-state index in [0.717, 1.165) is 19.4 Å². The number of nitrogens with one attached hydrogen (secondary N) is 1. The maximum absolute atomic E-state index is 12.4. The Morgan fingerprint density at radius 3 is 2.30 bits per heavy atom. The van der Waals surface area contributed by atoms with E-state index in [0.29, 0.717) is 28.9 Å². The highest BCUT2D eigenvalue weighted by Crippen LogP contribution is 2.24. The number of halogens is 2. The molecular formula is C13H20Cl2N2O2S. The Labute approximate surface area is 132 Å². The first kappa shape index (κ1) is 17.7. The van der Waals surface area contributed by atoms with E-state index < -0.39 is 10.0 Å². The van der Waals surface area contributed by atoms with Gasteiger partial charge in [-0.15, -0.1) is 12.4 Å². The molecule has 0 unspecified atom stereocenters. The van der Waals surface area contributed by atoms with Crippen LogP contribution in [0, 0.1) is 5.92 Å². The minimum atomic E-state index is -3.36. The first-order chi connectivity index (χ1) is 9.04. The highest BCUT2D eigenvalue weighted by Gasteiger charge is 2.28. The zero-order valence-corrected chi connectivity index (χ0v) is 13.8. The van der Waals surface area contributed by atoms with Crippen LogP contribution in [0.3, 0.4) is 0 Å². The molecule has 2 rings (SSSR count). The van der Waals surface area contributed by atoms with Crippen LogP contribution in [-0.2, 0) is 10.0 Å². The Bertz CT molecular complexity index is 512. The molecule has 1 heterocycles. The van der Waals surface area contributed by atoms with Crippen LogP contribution in [0.1, 0.15) is 12.8 Å². The number of rotatable bonds is 4. The zero-order valence-electron chi connectivity index (χ0n) is 11.4. The number of benzene rings is 1. The fraction of sp³-hybridized carbons (Fsp3) is 0.538. The van der Waals surface area contributed by atoms with Crippen LogP contribution in [0.4, 0.5) is 0 Å². The van der Waals surface area contributed by atoms with Crippen LogP contribution >= 0.6 is 24.0 Å². The maximum Gasteiger partial charge on any atom is 0.243 e. The van der Waals surface area contributed by atoms with Crippen molar-refractivity contribution in [2.45, 2.75) is 17.7 Å². The van der Waals surface area contributed by atoms with E-state index in [-0.39, 0.29) is 12.4 Å². The van der Waals surface area contributed by atoms with Crippen molar-refractivity contribution >= 4 is 34.0 Å². The monoisotopic (exact) mass is 338 g/mol. The van der Waals surface area contributed by atoms with Crippen LogP contribution in [0.2, 0.25) is 5.02 Å². The largest absolute Gasteiger partial charge is 0.319 e. The van der Waals surface area contributed by atoms with Crippen LogP contribution < -0.4 is 5.32 Å². The normalized spacial score (nSPS) is 17.7. The lowest BCUT2D eigenvalue weighted by molar-refractivity contribution is 0.270. The van der Waals surface area contributed by atoms with Gasteiger partial charge in [-0.2, -0.15) is 4.31 Å². The van der Waals surface area contributed by atoms with Gasteiger partial charge in [-0.05, 0) is 56.6 Å². The summed E-state index contributed by atoms with van der Waals surface area (Å²) in [6.07, 6.45) is 1.82. The second kappa shape index (κ2) is 7.61. The molecule has 20 heavy (non-hydrogen) atoms. The molecule has 0 radical (unpaired) electrons. The van der Waals surface area contributed by atoms with E-state index >= 15 is 0 Å². The van der Waals surface area contributed by atoms with Gasteiger partial charge in [-0.1, -0.05) is 11.6 Å². The minimum Gasteiger partial charge on any atom is -0.319 e. The fourth-order valence-corrected chi connectivity index (χ4v) is 3.99. The third-order valence-corrected chi connectivity index (χ3v) is 5.68. The van der Waals surface area contributed by atoms with E-state index in [4.69, 9.17) is 11.6 Å². The van der Waals surface area contributed by atoms with E-state index in [1.54, 1.807) is 28.6 Å². The summed E-state index contributed by atoms with van der Waals surface area (Å²) in [4.78, 5) is 0.323. The molecule has 0 saturated carbocycles. The lowest BCUT2D eigenvalue weighted by atomic mass is 9.98. The molecule has 4 nitrogen and oxygen atoms in total. The number of sulfonamides is 1. The number of nitrogens with zero attached hydrogens (tertiary/aromatic N) is 1. The van der Waals surface area contributed by atoms with E-state index in [1.807, 2.05) is 7.05 Å². The Morgan fingerprint density at radius 2 is 1.80 bits per heavy atom. The van der Waals surface area contributed by atoms with Crippen molar-refractivity contribution in [1.82, 2.24) is 9.62 Å². The van der Waals surface area contributed by atoms with Gasteiger partial charge in [-0.25, -0.2) is 8.42 Å². The minimum absolute atomic E-state index is 0. The molecular weight excluding hydrogens is 319 g/mol. The number of hydrogen-bond acceptors (Lipinski definition) is 3. The molecule has 1 aliphatic rings. The van der Waals surface area contributed by atoms with Gasteiger partial charge >= 0.3 is 0 Å². The molecule has 0 bridgehead atoms. The summed E-state index contributed by atoms with van der Waals surface area (Å²) in [6.45, 7) is 2.14. The molecule has 1 saturated heterocycles. The third-order valence-electron chi connectivity index (χ3n) is 3.52. The van der Waals surface area contributed by atoms with Crippen molar-refractivity contribution < 1.29 is 8.42 Å². The van der Waals surface area contributed by atoms with Crippen molar-refractivity contribution in [3.8, 4) is 0 Å². The maximum atomic E-state index is 12.4. The second-order valence-corrected chi connectivity index (χ2v) is 7.23. The average Bonchev–Trinajstić information content (AvgIpc) is 2.40. The second-order valence-electron chi connectivity index (χ2n) is 4.86. The van der Waals surface area contributed by atoms with Crippen molar-refractivity contribution in [2.24, 2.45) is 5.92 Å². The van der Waals surface area contributed by atoms with E-state index in [9.17, 15) is 8.42 Å². The molecule has 0 spiro atoms. The molecule has 1 aromatic carbocycles. The van der Waals surface area contributed by atoms with Crippen LogP contribution in [-0.4, -0.2) is 39.4 Å². The van der Waals surface area contributed by atoms with Crippen LogP contribution in [0.5, 0.6) is 0 Å². The highest BCUT2D eigenvalue weighted by atomic mass is 35.5. The lowest BCUT2D eigenvalue weighted by Gasteiger charge is -2.31. The SMILES string of the molecule is CNCC1CCN(S(=O)(=O)c2ccc(Cl)cc2)CC1.Cl. The van der Waals surface area contributed by atoms with Crippen molar-refractivity contribution in [3.05, 3.63) is 29.3 Å². The van der Waals surface area contributed by atoms with Gasteiger partial charge in [0.05, 0.1) is 4.90 Å². The van der Waals surface area contributed by atoms with E-state index in [1.165, 1.54) is 0 Å². The van der Waals surface area contributed by atoms with Gasteiger partial charge in [-0.3, -0.25) is 0 Å². The van der Waals surface area contributed by atoms with Crippen LogP contribution in [0.15, 0.2) is 29.2 Å². The first-order valence-electron chi connectivity index (χ1n) is 6.44. The summed E-state index contributed by atoms with van der Waals surface area (Å²) in [7, 11) is -1.44. The standard InChI is InChI=1S/C13H19ClN2O2S.ClH/c1-15-10-11-6-8-16(9-7-11)19(17,18)13-4-2-12(14)3-5-13;/h2-5,11,15H,6-10H2,1H3;1H. The molecule has 0 amide bonds. The van der Waals surface area contributed by atoms with Crippen molar-refractivity contribution in [2.75, 3.05) is 26.7 Å². The van der Waals surface area contributed by atoms with Gasteiger partial charge in [0.15, 0.2) is 0 Å². The molecule has 114 valence electrons. The predicted octanol–water partition coefficient (Wildman–Crippen LogP) is 2.38. The highest BCUT2D eigenvalue weighted by molar-refractivity contribution is 7.89. The Balaban J connectivity index is 0.00000200. The zero-order chi connectivity index (χ0) is 13.9. The van der Waals surface area contributed by atoms with Gasteiger partial charge in [0.1, 0.15) is 0 Å². The summed E-state index contributed by atoms with van der Waals surface area (Å²) in [5.74, 6) is 0.571. The molecule has 0 aromatic heterocycles. The summed E-state index contributed by atoms with van der Waals surface area (Å²) < 4.78 is 26.4. The smallest absolute Gasteiger partial charge is 0.243 e. The summed E-state index contributed by atoms with van der Waals surface area (Å²) in [5, 5.41) is 3.69. The van der Waals surface area contributed by atoms with Crippen molar-refractivity contribution in [1.29, 1.82) is 0 Å². The number of hydrogen-bond donors (Lipinski definition) is 1. The van der Waals surface area contributed by atoms with Gasteiger partial charge < -0.3 is 5.32 Å².